The molecule has 0 bridgehead atoms. The van der Waals surface area contributed by atoms with Crippen molar-refractivity contribution in [2.45, 2.75) is 19.4 Å². The van der Waals surface area contributed by atoms with Crippen LogP contribution in [-0.4, -0.2) is 18.6 Å². The van der Waals surface area contributed by atoms with Crippen molar-refractivity contribution >= 4 is 5.97 Å². The lowest BCUT2D eigenvalue weighted by molar-refractivity contribution is -0.144. The number of hydrogen-bond donors (Lipinski definition) is 1. The molecule has 16 heavy (non-hydrogen) atoms. The second-order valence-electron chi connectivity index (χ2n) is 3.37. The third-order valence-corrected chi connectivity index (χ3v) is 2.10. The molecule has 0 aliphatic carbocycles. The maximum absolute atomic E-state index is 11.3. The molecule has 0 heterocycles. The van der Waals surface area contributed by atoms with Gasteiger partial charge in [0.05, 0.1) is 18.2 Å². The van der Waals surface area contributed by atoms with Crippen LogP contribution in [0.15, 0.2) is 24.3 Å². The first-order chi connectivity index (χ1) is 7.67. The van der Waals surface area contributed by atoms with Crippen molar-refractivity contribution in [2.24, 2.45) is 5.73 Å². The Morgan fingerprint density at radius 2 is 2.38 bits per heavy atom. The number of carbonyl (C=O) groups excluding carboxylic acids is 1. The van der Waals surface area contributed by atoms with Crippen LogP contribution in [0.2, 0.25) is 0 Å². The zero-order chi connectivity index (χ0) is 12.0. The van der Waals surface area contributed by atoms with E-state index in [9.17, 15) is 4.79 Å². The van der Waals surface area contributed by atoms with Gasteiger partial charge in [-0.15, -0.1) is 0 Å². The summed E-state index contributed by atoms with van der Waals surface area (Å²) in [5.74, 6) is -0.412. The molecular formula is C12H14N2O2. The Morgan fingerprint density at radius 1 is 1.62 bits per heavy atom. The van der Waals surface area contributed by atoms with Crippen LogP contribution < -0.4 is 5.73 Å². The summed E-state index contributed by atoms with van der Waals surface area (Å²) in [7, 11) is 0. The van der Waals surface area contributed by atoms with Crippen LogP contribution in [-0.2, 0) is 16.0 Å². The highest BCUT2D eigenvalue weighted by Crippen LogP contribution is 2.07. The number of nitrogens with two attached hydrogens (primary N) is 1. The zero-order valence-electron chi connectivity index (χ0n) is 9.14. The van der Waals surface area contributed by atoms with E-state index in [2.05, 4.69) is 0 Å². The van der Waals surface area contributed by atoms with E-state index in [1.165, 1.54) is 0 Å². The molecule has 0 amide bonds. The fourth-order valence-corrected chi connectivity index (χ4v) is 1.35. The molecule has 0 aliphatic heterocycles. The number of hydrogen-bond acceptors (Lipinski definition) is 4. The van der Waals surface area contributed by atoms with E-state index in [-0.39, 0.29) is 0 Å². The minimum atomic E-state index is -0.672. The van der Waals surface area contributed by atoms with Crippen LogP contribution in [0.4, 0.5) is 0 Å². The number of ether oxygens (including phenoxy) is 1. The molecule has 0 saturated carbocycles. The fourth-order valence-electron chi connectivity index (χ4n) is 1.35. The molecule has 2 N–H and O–H groups in total. The van der Waals surface area contributed by atoms with Gasteiger partial charge in [-0.05, 0) is 31.0 Å². The van der Waals surface area contributed by atoms with Crippen LogP contribution in [0.3, 0.4) is 0 Å². The average molecular weight is 218 g/mol. The summed E-state index contributed by atoms with van der Waals surface area (Å²) in [5.41, 5.74) is 7.09. The summed E-state index contributed by atoms with van der Waals surface area (Å²) in [6.45, 7) is 2.06. The van der Waals surface area contributed by atoms with Crippen LogP contribution in [0.1, 0.15) is 18.1 Å². The first-order valence-corrected chi connectivity index (χ1v) is 5.08. The Morgan fingerprint density at radius 3 is 3.00 bits per heavy atom. The van der Waals surface area contributed by atoms with Gasteiger partial charge >= 0.3 is 5.97 Å². The highest BCUT2D eigenvalue weighted by Gasteiger charge is 2.14. The van der Waals surface area contributed by atoms with Gasteiger partial charge in [0.1, 0.15) is 6.04 Å². The SMILES string of the molecule is CCOC(=O)[C@@H](N)Cc1cccc(C#N)c1. The van der Waals surface area contributed by atoms with Crippen molar-refractivity contribution in [1.29, 1.82) is 5.26 Å². The van der Waals surface area contributed by atoms with Crippen LogP contribution >= 0.6 is 0 Å². The van der Waals surface area contributed by atoms with Crippen molar-refractivity contribution in [3.63, 3.8) is 0 Å². The third kappa shape index (κ3) is 3.37. The first kappa shape index (κ1) is 12.2. The van der Waals surface area contributed by atoms with Gasteiger partial charge in [-0.2, -0.15) is 5.26 Å². The van der Waals surface area contributed by atoms with Crippen LogP contribution in [0.25, 0.3) is 0 Å². The Balaban J connectivity index is 2.66. The minimum Gasteiger partial charge on any atom is -0.465 e. The predicted octanol–water partition coefficient (Wildman–Crippen LogP) is 0.991. The van der Waals surface area contributed by atoms with Gasteiger partial charge in [0, 0.05) is 0 Å². The molecule has 1 rings (SSSR count). The number of benzene rings is 1. The fraction of sp³-hybridized carbons (Fsp3) is 0.333. The molecule has 1 aromatic rings. The molecule has 0 unspecified atom stereocenters. The van der Waals surface area contributed by atoms with E-state index in [0.717, 1.165) is 5.56 Å². The van der Waals surface area contributed by atoms with E-state index in [4.69, 9.17) is 15.7 Å². The molecule has 4 heteroatoms. The van der Waals surface area contributed by atoms with E-state index < -0.39 is 12.0 Å². The lowest BCUT2D eigenvalue weighted by Gasteiger charge is -2.10. The van der Waals surface area contributed by atoms with Crippen molar-refractivity contribution in [3.05, 3.63) is 35.4 Å². The Hall–Kier alpha value is -1.86. The smallest absolute Gasteiger partial charge is 0.323 e. The summed E-state index contributed by atoms with van der Waals surface area (Å²) in [6.07, 6.45) is 0.383. The first-order valence-electron chi connectivity index (χ1n) is 5.08. The van der Waals surface area contributed by atoms with E-state index in [1.54, 1.807) is 25.1 Å². The van der Waals surface area contributed by atoms with Gasteiger partial charge in [0.15, 0.2) is 0 Å². The van der Waals surface area contributed by atoms with Gasteiger partial charge in [0.2, 0.25) is 0 Å². The van der Waals surface area contributed by atoms with Crippen molar-refractivity contribution in [2.75, 3.05) is 6.61 Å². The maximum Gasteiger partial charge on any atom is 0.323 e. The maximum atomic E-state index is 11.3. The van der Waals surface area contributed by atoms with Gasteiger partial charge < -0.3 is 10.5 Å². The van der Waals surface area contributed by atoms with Gasteiger partial charge in [-0.3, -0.25) is 4.79 Å². The zero-order valence-corrected chi connectivity index (χ0v) is 9.14. The van der Waals surface area contributed by atoms with Crippen molar-refractivity contribution in [1.82, 2.24) is 0 Å². The Bertz CT molecular complexity index is 410. The van der Waals surface area contributed by atoms with Gasteiger partial charge in [-0.25, -0.2) is 0 Å². The summed E-state index contributed by atoms with van der Waals surface area (Å²) < 4.78 is 4.80. The Labute approximate surface area is 94.6 Å². The van der Waals surface area contributed by atoms with Gasteiger partial charge in [-0.1, -0.05) is 12.1 Å². The monoisotopic (exact) mass is 218 g/mol. The quantitative estimate of drug-likeness (QED) is 0.764. The minimum absolute atomic E-state index is 0.324. The van der Waals surface area contributed by atoms with Gasteiger partial charge in [0.25, 0.3) is 0 Å². The van der Waals surface area contributed by atoms with E-state index in [1.807, 2.05) is 12.1 Å². The lowest BCUT2D eigenvalue weighted by Crippen LogP contribution is -2.34. The summed E-state index contributed by atoms with van der Waals surface area (Å²) in [4.78, 5) is 11.3. The standard InChI is InChI=1S/C12H14N2O2/c1-2-16-12(15)11(14)7-9-4-3-5-10(6-9)8-13/h3-6,11H,2,7,14H2,1H3/t11-/m0/s1. The topological polar surface area (TPSA) is 76.1 Å². The number of esters is 1. The van der Waals surface area contributed by atoms with Crippen LogP contribution in [0.5, 0.6) is 0 Å². The van der Waals surface area contributed by atoms with E-state index in [0.29, 0.717) is 18.6 Å². The van der Waals surface area contributed by atoms with E-state index >= 15 is 0 Å². The number of rotatable bonds is 4. The third-order valence-electron chi connectivity index (χ3n) is 2.10. The molecule has 1 atom stereocenters. The normalized spacial score (nSPS) is 11.6. The number of nitriles is 1. The second-order valence-corrected chi connectivity index (χ2v) is 3.37. The number of nitrogens with zero attached hydrogens (tertiary/aromatic N) is 1. The highest BCUT2D eigenvalue weighted by atomic mass is 16.5. The van der Waals surface area contributed by atoms with Crippen molar-refractivity contribution < 1.29 is 9.53 Å². The molecule has 4 nitrogen and oxygen atoms in total. The van der Waals surface area contributed by atoms with Crippen LogP contribution in [0, 0.1) is 11.3 Å². The second kappa shape index (κ2) is 5.89. The predicted molar refractivity (Wildman–Crippen MR) is 59.5 cm³/mol. The molecule has 0 spiro atoms. The summed E-state index contributed by atoms with van der Waals surface area (Å²) in [6, 6.07) is 8.40. The molecular weight excluding hydrogens is 204 g/mol. The molecule has 0 fully saturated rings. The Kier molecular flexibility index (Phi) is 4.49. The molecule has 0 aromatic heterocycles. The molecule has 84 valence electrons. The average Bonchev–Trinajstić information content (AvgIpc) is 2.29. The molecule has 1 aromatic carbocycles. The molecule has 0 radical (unpaired) electrons. The highest BCUT2D eigenvalue weighted by molar-refractivity contribution is 5.75. The van der Waals surface area contributed by atoms with Crippen molar-refractivity contribution in [3.8, 4) is 6.07 Å². The largest absolute Gasteiger partial charge is 0.465 e. The summed E-state index contributed by atoms with van der Waals surface area (Å²) >= 11 is 0. The molecule has 0 saturated heterocycles. The molecule has 0 aliphatic rings. The lowest BCUT2D eigenvalue weighted by atomic mass is 10.0. The number of carbonyl (C=O) groups is 1. The summed E-state index contributed by atoms with van der Waals surface area (Å²) in [5, 5.41) is 8.72.